The van der Waals surface area contributed by atoms with Gasteiger partial charge in [-0.05, 0) is 11.4 Å². The maximum absolute atomic E-state index is 12.6. The summed E-state index contributed by atoms with van der Waals surface area (Å²) in [6.45, 7) is 3.44. The molecule has 0 bridgehead atoms. The fourth-order valence-corrected chi connectivity index (χ4v) is 4.03. The van der Waals surface area contributed by atoms with Crippen LogP contribution in [0, 0.1) is 0 Å². The minimum Gasteiger partial charge on any atom is -0.368 e. The minimum atomic E-state index is -4.50. The maximum atomic E-state index is 12.6. The molecule has 2 amide bonds. The van der Waals surface area contributed by atoms with E-state index in [-0.39, 0.29) is 6.54 Å². The molecule has 0 unspecified atom stereocenters. The second kappa shape index (κ2) is 9.67. The number of allylic oxidation sites excluding steroid dienone is 2. The smallest absolute Gasteiger partial charge is 0.368 e. The molecule has 3 heterocycles. The predicted molar refractivity (Wildman–Crippen MR) is 113 cm³/mol. The number of alkyl halides is 3. The van der Waals surface area contributed by atoms with Gasteiger partial charge in [0, 0.05) is 30.6 Å². The van der Waals surface area contributed by atoms with Gasteiger partial charge in [0.05, 0.1) is 15.8 Å². The van der Waals surface area contributed by atoms with Crippen LogP contribution in [0.25, 0.3) is 10.2 Å². The second-order valence-corrected chi connectivity index (χ2v) is 7.89. The van der Waals surface area contributed by atoms with Crippen molar-refractivity contribution in [3.05, 3.63) is 53.2 Å². The Morgan fingerprint density at radius 1 is 1.27 bits per heavy atom. The zero-order valence-corrected chi connectivity index (χ0v) is 17.1. The van der Waals surface area contributed by atoms with Crippen molar-refractivity contribution in [1.82, 2.24) is 20.3 Å². The Balaban J connectivity index is 1.45. The molecule has 7 nitrogen and oxygen atoms in total. The number of hydrogen-bond acceptors (Lipinski definition) is 7. The average Bonchev–Trinajstić information content (AvgIpc) is 3.34. The van der Waals surface area contributed by atoms with Gasteiger partial charge < -0.3 is 10.6 Å². The molecule has 158 valence electrons. The van der Waals surface area contributed by atoms with E-state index < -0.39 is 17.8 Å². The summed E-state index contributed by atoms with van der Waals surface area (Å²) in [5.74, 6) is 0.767. The molecule has 3 aromatic rings. The van der Waals surface area contributed by atoms with E-state index in [0.717, 1.165) is 27.0 Å². The van der Waals surface area contributed by atoms with Crippen LogP contribution in [0.4, 0.5) is 28.9 Å². The van der Waals surface area contributed by atoms with Crippen molar-refractivity contribution in [2.24, 2.45) is 0 Å². The van der Waals surface area contributed by atoms with Crippen LogP contribution in [-0.2, 0) is 6.42 Å². The molecule has 0 spiro atoms. The highest BCUT2D eigenvalue weighted by Crippen LogP contribution is 2.26. The molecule has 30 heavy (non-hydrogen) atoms. The number of nitrogens with zero attached hydrogens (tertiary/aromatic N) is 3. The lowest BCUT2D eigenvalue weighted by Gasteiger charge is -2.08. The molecule has 0 radical (unpaired) electrons. The number of halogens is 3. The highest BCUT2D eigenvalue weighted by Gasteiger charge is 2.30. The standard InChI is InChI=1S/C18H17F3N6OS2/c1-2-11(18(19,20)21)3-6-23-16(28)27-17-24-9-12(30-17)4-7-22-15-14-13(5-8-29-14)25-10-26-15/h2-3,5,8-10H,1,4,6-7H2,(H,22,25,26)(H2,23,24,27,28). The summed E-state index contributed by atoms with van der Waals surface area (Å²) in [6.07, 6.45) is 0.859. The number of carbonyl (C=O) groups excluding carboxylic acids is 1. The summed E-state index contributed by atoms with van der Waals surface area (Å²) in [5.41, 5.74) is -0.0200. The average molecular weight is 455 g/mol. The van der Waals surface area contributed by atoms with Crippen LogP contribution in [0.2, 0.25) is 0 Å². The molecule has 3 N–H and O–H groups in total. The van der Waals surface area contributed by atoms with E-state index in [1.165, 1.54) is 17.7 Å². The third-order valence-electron chi connectivity index (χ3n) is 3.81. The second-order valence-electron chi connectivity index (χ2n) is 5.86. The fourth-order valence-electron chi connectivity index (χ4n) is 2.41. The zero-order valence-electron chi connectivity index (χ0n) is 15.5. The number of nitrogens with one attached hydrogen (secondary N) is 3. The topological polar surface area (TPSA) is 91.8 Å². The number of hydrogen-bond donors (Lipinski definition) is 3. The summed E-state index contributed by atoms with van der Waals surface area (Å²) >= 11 is 2.84. The Hall–Kier alpha value is -2.99. The molecule has 0 saturated heterocycles. The van der Waals surface area contributed by atoms with Crippen molar-refractivity contribution in [3.8, 4) is 0 Å². The van der Waals surface area contributed by atoms with Crippen molar-refractivity contribution < 1.29 is 18.0 Å². The highest BCUT2D eigenvalue weighted by molar-refractivity contribution is 7.17. The van der Waals surface area contributed by atoms with Crippen LogP contribution in [0.3, 0.4) is 0 Å². The lowest BCUT2D eigenvalue weighted by atomic mass is 10.2. The third-order valence-corrected chi connectivity index (χ3v) is 5.70. The minimum absolute atomic E-state index is 0.287. The molecule has 0 fully saturated rings. The first-order valence-electron chi connectivity index (χ1n) is 8.68. The molecular weight excluding hydrogens is 437 g/mol. The Bertz CT molecular complexity index is 1060. The van der Waals surface area contributed by atoms with E-state index in [2.05, 4.69) is 37.5 Å². The number of urea groups is 1. The summed E-state index contributed by atoms with van der Waals surface area (Å²) in [6, 6.07) is 1.29. The number of fused-ring (bicyclic) bond motifs is 1. The van der Waals surface area contributed by atoms with Gasteiger partial charge in [-0.25, -0.2) is 19.7 Å². The Morgan fingerprint density at radius 3 is 2.87 bits per heavy atom. The van der Waals surface area contributed by atoms with Crippen LogP contribution in [-0.4, -0.2) is 40.2 Å². The van der Waals surface area contributed by atoms with E-state index in [4.69, 9.17) is 0 Å². The van der Waals surface area contributed by atoms with Crippen molar-refractivity contribution in [2.45, 2.75) is 12.6 Å². The van der Waals surface area contributed by atoms with Gasteiger partial charge in [-0.1, -0.05) is 18.7 Å². The van der Waals surface area contributed by atoms with Crippen LogP contribution in [0.15, 0.2) is 48.3 Å². The summed E-state index contributed by atoms with van der Waals surface area (Å²) in [7, 11) is 0. The SMILES string of the molecule is C=CC(=CCNC(=O)Nc1ncc(CCNc2ncnc3ccsc23)s1)C(F)(F)F. The molecule has 0 saturated carbocycles. The molecule has 0 aliphatic heterocycles. The quantitative estimate of drug-likeness (QED) is 0.433. The summed E-state index contributed by atoms with van der Waals surface area (Å²) < 4.78 is 38.7. The molecule has 0 aliphatic rings. The van der Waals surface area contributed by atoms with Crippen LogP contribution >= 0.6 is 22.7 Å². The zero-order chi connectivity index (χ0) is 21.6. The lowest BCUT2D eigenvalue weighted by molar-refractivity contribution is -0.0883. The van der Waals surface area contributed by atoms with Gasteiger partial charge >= 0.3 is 12.2 Å². The summed E-state index contributed by atoms with van der Waals surface area (Å²) in [4.78, 5) is 25.3. The lowest BCUT2D eigenvalue weighted by Crippen LogP contribution is -2.29. The fraction of sp³-hybridized carbons (Fsp3) is 0.222. The van der Waals surface area contributed by atoms with Gasteiger partial charge in [0.25, 0.3) is 0 Å². The normalized spacial score (nSPS) is 12.0. The number of amides is 2. The largest absolute Gasteiger partial charge is 0.416 e. The van der Waals surface area contributed by atoms with Gasteiger partial charge in [-0.15, -0.1) is 22.7 Å². The van der Waals surface area contributed by atoms with Crippen molar-refractivity contribution >= 4 is 49.9 Å². The molecule has 0 atom stereocenters. The maximum Gasteiger partial charge on any atom is 0.416 e. The molecule has 0 aliphatic carbocycles. The molecule has 3 aromatic heterocycles. The molecular formula is C18H17F3N6OS2. The van der Waals surface area contributed by atoms with E-state index in [1.54, 1.807) is 17.5 Å². The Labute approximate surface area is 177 Å². The number of anilines is 2. The van der Waals surface area contributed by atoms with Crippen LogP contribution < -0.4 is 16.0 Å². The van der Waals surface area contributed by atoms with Gasteiger partial charge in [-0.3, -0.25) is 5.32 Å². The molecule has 12 heteroatoms. The van der Waals surface area contributed by atoms with E-state index in [1.807, 2.05) is 11.4 Å². The third kappa shape index (κ3) is 5.76. The van der Waals surface area contributed by atoms with Gasteiger partial charge in [0.15, 0.2) is 5.13 Å². The van der Waals surface area contributed by atoms with Gasteiger partial charge in [0.1, 0.15) is 12.1 Å². The van der Waals surface area contributed by atoms with Gasteiger partial charge in [0.2, 0.25) is 0 Å². The highest BCUT2D eigenvalue weighted by atomic mass is 32.1. The number of thiazole rings is 1. The first-order chi connectivity index (χ1) is 14.4. The first kappa shape index (κ1) is 21.7. The van der Waals surface area contributed by atoms with Crippen molar-refractivity contribution in [2.75, 3.05) is 23.7 Å². The van der Waals surface area contributed by atoms with Crippen LogP contribution in [0.1, 0.15) is 4.88 Å². The summed E-state index contributed by atoms with van der Waals surface area (Å²) in [5, 5.41) is 10.4. The molecule has 3 rings (SSSR count). The monoisotopic (exact) mass is 454 g/mol. The Morgan fingerprint density at radius 2 is 2.10 bits per heavy atom. The van der Waals surface area contributed by atoms with E-state index in [9.17, 15) is 18.0 Å². The predicted octanol–water partition coefficient (Wildman–Crippen LogP) is 4.60. The number of carbonyl (C=O) groups is 1. The van der Waals surface area contributed by atoms with Gasteiger partial charge in [-0.2, -0.15) is 13.2 Å². The van der Waals surface area contributed by atoms with Crippen molar-refractivity contribution in [3.63, 3.8) is 0 Å². The van der Waals surface area contributed by atoms with E-state index in [0.29, 0.717) is 24.2 Å². The Kier molecular flexibility index (Phi) is 7.00. The number of rotatable bonds is 8. The van der Waals surface area contributed by atoms with Crippen molar-refractivity contribution in [1.29, 1.82) is 0 Å². The number of aromatic nitrogens is 3. The van der Waals surface area contributed by atoms with Crippen LogP contribution in [0.5, 0.6) is 0 Å². The first-order valence-corrected chi connectivity index (χ1v) is 10.4. The number of thiophene rings is 1. The van der Waals surface area contributed by atoms with E-state index >= 15 is 0 Å². The molecule has 0 aromatic carbocycles.